The summed E-state index contributed by atoms with van der Waals surface area (Å²) in [5.41, 5.74) is -0.603. The predicted molar refractivity (Wildman–Crippen MR) is 139 cm³/mol. The van der Waals surface area contributed by atoms with Gasteiger partial charge in [0.2, 0.25) is 0 Å². The van der Waals surface area contributed by atoms with E-state index in [0.29, 0.717) is 0 Å². The fraction of sp³-hybridized carbons (Fsp3) is 0.667. The highest BCUT2D eigenvalue weighted by Crippen LogP contribution is 2.22. The van der Waals surface area contributed by atoms with Crippen LogP contribution >= 0.6 is 0 Å². The van der Waals surface area contributed by atoms with Gasteiger partial charge >= 0.3 is 17.9 Å². The van der Waals surface area contributed by atoms with Gasteiger partial charge in [0, 0.05) is 17.7 Å². The minimum Gasteiger partial charge on any atom is -0.457 e. The van der Waals surface area contributed by atoms with Gasteiger partial charge in [0.25, 0.3) is 0 Å². The van der Waals surface area contributed by atoms with E-state index in [9.17, 15) is 19.5 Å². The van der Waals surface area contributed by atoms with Gasteiger partial charge in [-0.25, -0.2) is 14.4 Å². The SMILES string of the molecule is C=CC(=O)OC(C)COCC(COCC(C)O)(COCC(C)OC(=O)C=C)COCC(C)OC(=O)C(=C)C. The van der Waals surface area contributed by atoms with Gasteiger partial charge in [-0.3, -0.25) is 0 Å². The Labute approximate surface area is 225 Å². The van der Waals surface area contributed by atoms with Crippen LogP contribution in [0.1, 0.15) is 34.6 Å². The Balaban J connectivity index is 5.43. The molecule has 4 atom stereocenters. The van der Waals surface area contributed by atoms with E-state index in [4.69, 9.17) is 33.2 Å². The highest BCUT2D eigenvalue weighted by molar-refractivity contribution is 5.87. The highest BCUT2D eigenvalue weighted by atomic mass is 16.6. The molecule has 11 heteroatoms. The van der Waals surface area contributed by atoms with E-state index >= 15 is 0 Å². The first-order valence-electron chi connectivity index (χ1n) is 12.4. The van der Waals surface area contributed by atoms with Crippen molar-refractivity contribution in [2.75, 3.05) is 52.9 Å². The average Bonchev–Trinajstić information content (AvgIpc) is 2.83. The Hall–Kier alpha value is -2.57. The summed E-state index contributed by atoms with van der Waals surface area (Å²) in [4.78, 5) is 34.7. The molecule has 1 N–H and O–H groups in total. The number of hydrogen-bond donors (Lipinski definition) is 1. The molecule has 0 heterocycles. The molecule has 0 aliphatic heterocycles. The number of esters is 3. The second-order valence-corrected chi connectivity index (χ2v) is 9.31. The van der Waals surface area contributed by atoms with Gasteiger partial charge in [0.15, 0.2) is 0 Å². The molecule has 0 amide bonds. The van der Waals surface area contributed by atoms with Gasteiger partial charge in [0.1, 0.15) is 18.3 Å². The Bertz CT molecular complexity index is 728. The normalized spacial score (nSPS) is 15.7. The molecule has 0 saturated carbocycles. The van der Waals surface area contributed by atoms with E-state index < -0.39 is 47.7 Å². The number of ether oxygens (including phenoxy) is 7. The van der Waals surface area contributed by atoms with Crippen molar-refractivity contribution in [1.29, 1.82) is 0 Å². The molecule has 0 bridgehead atoms. The smallest absolute Gasteiger partial charge is 0.333 e. The lowest BCUT2D eigenvalue weighted by Crippen LogP contribution is -2.44. The first kappa shape index (κ1) is 35.4. The second kappa shape index (κ2) is 19.5. The van der Waals surface area contributed by atoms with Crippen molar-refractivity contribution >= 4 is 17.9 Å². The first-order valence-corrected chi connectivity index (χ1v) is 12.4. The summed E-state index contributed by atoms with van der Waals surface area (Å²) >= 11 is 0. The summed E-state index contributed by atoms with van der Waals surface area (Å²) in [6.45, 7) is 19.1. The van der Waals surface area contributed by atoms with Crippen LogP contribution in [0, 0.1) is 5.41 Å². The maximum absolute atomic E-state index is 11.8. The number of aliphatic hydroxyl groups is 1. The van der Waals surface area contributed by atoms with Gasteiger partial charge in [0.05, 0.1) is 64.4 Å². The Morgan fingerprint density at radius 1 is 0.711 bits per heavy atom. The van der Waals surface area contributed by atoms with Gasteiger partial charge in [-0.05, 0) is 34.6 Å². The molecule has 0 spiro atoms. The third-order valence-electron chi connectivity index (χ3n) is 4.67. The predicted octanol–water partition coefficient (Wildman–Crippen LogP) is 2.16. The molecule has 4 unspecified atom stereocenters. The quantitative estimate of drug-likeness (QED) is 0.122. The maximum atomic E-state index is 11.8. The lowest BCUT2D eigenvalue weighted by atomic mass is 9.92. The molecular formula is C27H44O11. The Morgan fingerprint density at radius 3 is 1.37 bits per heavy atom. The van der Waals surface area contributed by atoms with E-state index in [1.165, 1.54) is 0 Å². The molecule has 0 aromatic rings. The van der Waals surface area contributed by atoms with Crippen molar-refractivity contribution in [3.63, 3.8) is 0 Å². The zero-order valence-corrected chi connectivity index (χ0v) is 23.3. The molecule has 0 aliphatic rings. The third-order valence-corrected chi connectivity index (χ3v) is 4.67. The Kier molecular flexibility index (Phi) is 18.2. The fourth-order valence-electron chi connectivity index (χ4n) is 2.90. The minimum atomic E-state index is -0.878. The maximum Gasteiger partial charge on any atom is 0.333 e. The topological polar surface area (TPSA) is 136 Å². The monoisotopic (exact) mass is 544 g/mol. The van der Waals surface area contributed by atoms with E-state index in [2.05, 4.69) is 19.7 Å². The van der Waals surface area contributed by atoms with Crippen LogP contribution in [-0.4, -0.2) is 100 Å². The minimum absolute atomic E-state index is 0.0646. The molecule has 11 nitrogen and oxygen atoms in total. The summed E-state index contributed by atoms with van der Waals surface area (Å²) in [5, 5.41) is 9.65. The molecular weight excluding hydrogens is 500 g/mol. The van der Waals surface area contributed by atoms with Crippen LogP contribution in [0.5, 0.6) is 0 Å². The van der Waals surface area contributed by atoms with Crippen molar-refractivity contribution in [3.8, 4) is 0 Å². The van der Waals surface area contributed by atoms with Crippen LogP contribution < -0.4 is 0 Å². The molecule has 0 fully saturated rings. The lowest BCUT2D eigenvalue weighted by molar-refractivity contribution is -0.156. The van der Waals surface area contributed by atoms with Gasteiger partial charge < -0.3 is 38.3 Å². The van der Waals surface area contributed by atoms with Crippen LogP contribution in [0.25, 0.3) is 0 Å². The van der Waals surface area contributed by atoms with E-state index in [1.807, 2.05) is 0 Å². The molecule has 38 heavy (non-hydrogen) atoms. The molecule has 0 aromatic carbocycles. The molecule has 0 radical (unpaired) electrons. The van der Waals surface area contributed by atoms with E-state index in [1.54, 1.807) is 34.6 Å². The van der Waals surface area contributed by atoms with Crippen LogP contribution in [0.2, 0.25) is 0 Å². The van der Waals surface area contributed by atoms with Crippen molar-refractivity contribution in [2.45, 2.75) is 59.0 Å². The third kappa shape index (κ3) is 17.0. The number of carbonyl (C=O) groups excluding carboxylic acids is 3. The number of rotatable bonds is 22. The number of hydrogen-bond acceptors (Lipinski definition) is 11. The second-order valence-electron chi connectivity index (χ2n) is 9.31. The average molecular weight is 545 g/mol. The summed E-state index contributed by atoms with van der Waals surface area (Å²) in [7, 11) is 0. The molecule has 0 aromatic heterocycles. The summed E-state index contributed by atoms with van der Waals surface area (Å²) in [6, 6.07) is 0. The molecule has 0 saturated heterocycles. The van der Waals surface area contributed by atoms with Gasteiger partial charge in [-0.1, -0.05) is 19.7 Å². The van der Waals surface area contributed by atoms with Crippen molar-refractivity contribution in [3.05, 3.63) is 37.5 Å². The molecule has 0 aliphatic carbocycles. The van der Waals surface area contributed by atoms with Crippen molar-refractivity contribution < 1.29 is 52.6 Å². The molecule has 0 rings (SSSR count). The van der Waals surface area contributed by atoms with Gasteiger partial charge in [-0.2, -0.15) is 0 Å². The number of carbonyl (C=O) groups is 3. The standard InChI is InChI=1S/C27H44O11/c1-9-24(29)36-21(6)12-33-16-27(15-32-11-20(5)28,17-34-13-22(7)37-25(30)10-2)18-35-14-23(8)38-26(31)19(3)4/h9-10,20-23,28H,1-3,11-18H2,4-8H3. The highest BCUT2D eigenvalue weighted by Gasteiger charge is 2.34. The lowest BCUT2D eigenvalue weighted by Gasteiger charge is -2.34. The first-order chi connectivity index (χ1) is 17.8. The van der Waals surface area contributed by atoms with Crippen LogP contribution in [0.3, 0.4) is 0 Å². The van der Waals surface area contributed by atoms with Crippen molar-refractivity contribution in [1.82, 2.24) is 0 Å². The molecule has 218 valence electrons. The summed E-state index contributed by atoms with van der Waals surface area (Å²) < 4.78 is 38.8. The Morgan fingerprint density at radius 2 is 1.05 bits per heavy atom. The van der Waals surface area contributed by atoms with Gasteiger partial charge in [-0.15, -0.1) is 0 Å². The largest absolute Gasteiger partial charge is 0.457 e. The fourth-order valence-corrected chi connectivity index (χ4v) is 2.90. The zero-order chi connectivity index (χ0) is 29.1. The summed E-state index contributed by atoms with van der Waals surface area (Å²) in [5.74, 6) is -1.66. The van der Waals surface area contributed by atoms with Crippen LogP contribution in [-0.2, 0) is 47.5 Å². The number of aliphatic hydroxyl groups excluding tert-OH is 1. The van der Waals surface area contributed by atoms with E-state index in [-0.39, 0.29) is 58.4 Å². The van der Waals surface area contributed by atoms with Crippen LogP contribution in [0.15, 0.2) is 37.5 Å². The van der Waals surface area contributed by atoms with Crippen LogP contribution in [0.4, 0.5) is 0 Å². The zero-order valence-electron chi connectivity index (χ0n) is 23.3. The summed E-state index contributed by atoms with van der Waals surface area (Å²) in [6.07, 6.45) is -0.206. The van der Waals surface area contributed by atoms with E-state index in [0.717, 1.165) is 12.2 Å². The van der Waals surface area contributed by atoms with Crippen molar-refractivity contribution in [2.24, 2.45) is 5.41 Å².